The predicted molar refractivity (Wildman–Crippen MR) is 87.3 cm³/mol. The molecule has 0 atom stereocenters. The SMILES string of the molecule is Cc1ccc(C)c(N=Cc2c(O)c3ccccc3oc2=O)c1. The molecule has 4 nitrogen and oxygen atoms in total. The van der Waals surface area contributed by atoms with E-state index >= 15 is 0 Å². The number of nitrogens with zero attached hydrogens (tertiary/aromatic N) is 1. The molecule has 3 aromatic rings. The molecule has 0 saturated carbocycles. The molecule has 0 bridgehead atoms. The maximum Gasteiger partial charge on any atom is 0.348 e. The monoisotopic (exact) mass is 293 g/mol. The van der Waals surface area contributed by atoms with Crippen LogP contribution in [0.3, 0.4) is 0 Å². The van der Waals surface area contributed by atoms with Gasteiger partial charge in [-0.25, -0.2) is 4.79 Å². The molecule has 22 heavy (non-hydrogen) atoms. The minimum absolute atomic E-state index is 0.0552. The van der Waals surface area contributed by atoms with Crippen LogP contribution in [-0.2, 0) is 0 Å². The van der Waals surface area contributed by atoms with Gasteiger partial charge in [-0.05, 0) is 43.2 Å². The first-order valence-corrected chi connectivity index (χ1v) is 6.92. The molecule has 0 unspecified atom stereocenters. The summed E-state index contributed by atoms with van der Waals surface area (Å²) < 4.78 is 5.21. The minimum Gasteiger partial charge on any atom is -0.506 e. The summed E-state index contributed by atoms with van der Waals surface area (Å²) in [6, 6.07) is 12.7. The molecule has 0 fully saturated rings. The summed E-state index contributed by atoms with van der Waals surface area (Å²) >= 11 is 0. The molecule has 0 aliphatic rings. The van der Waals surface area contributed by atoms with Crippen molar-refractivity contribution in [3.63, 3.8) is 0 Å². The Balaban J connectivity index is 2.13. The van der Waals surface area contributed by atoms with Gasteiger partial charge >= 0.3 is 5.63 Å². The van der Waals surface area contributed by atoms with Gasteiger partial charge < -0.3 is 9.52 Å². The highest BCUT2D eigenvalue weighted by Crippen LogP contribution is 2.26. The average molecular weight is 293 g/mol. The van der Waals surface area contributed by atoms with Gasteiger partial charge in [0.15, 0.2) is 0 Å². The van der Waals surface area contributed by atoms with Crippen LogP contribution in [0.1, 0.15) is 16.7 Å². The smallest absolute Gasteiger partial charge is 0.348 e. The first-order chi connectivity index (χ1) is 10.6. The van der Waals surface area contributed by atoms with Crippen LogP contribution in [0.25, 0.3) is 11.0 Å². The standard InChI is InChI=1S/C18H15NO3/c1-11-7-8-12(2)15(9-11)19-10-14-17(20)13-5-3-4-6-16(13)22-18(14)21/h3-10,20H,1-2H3. The Morgan fingerprint density at radius 3 is 2.73 bits per heavy atom. The number of rotatable bonds is 2. The molecule has 0 aliphatic heterocycles. The fourth-order valence-corrected chi connectivity index (χ4v) is 2.25. The number of aromatic hydroxyl groups is 1. The van der Waals surface area contributed by atoms with Gasteiger partial charge in [-0.1, -0.05) is 24.3 Å². The van der Waals surface area contributed by atoms with Crippen LogP contribution in [0, 0.1) is 13.8 Å². The van der Waals surface area contributed by atoms with Gasteiger partial charge in [-0.2, -0.15) is 0 Å². The second kappa shape index (κ2) is 5.48. The van der Waals surface area contributed by atoms with Crippen molar-refractivity contribution in [1.82, 2.24) is 0 Å². The van der Waals surface area contributed by atoms with Crippen LogP contribution in [0.5, 0.6) is 5.75 Å². The number of benzene rings is 2. The second-order valence-corrected chi connectivity index (χ2v) is 5.20. The number of aryl methyl sites for hydroxylation is 2. The highest BCUT2D eigenvalue weighted by molar-refractivity contribution is 5.94. The van der Waals surface area contributed by atoms with Gasteiger partial charge in [-0.15, -0.1) is 0 Å². The van der Waals surface area contributed by atoms with E-state index in [1.54, 1.807) is 24.3 Å². The van der Waals surface area contributed by atoms with Crippen LogP contribution >= 0.6 is 0 Å². The molecule has 3 rings (SSSR count). The molecule has 1 aromatic heterocycles. The summed E-state index contributed by atoms with van der Waals surface area (Å²) in [6.07, 6.45) is 1.36. The van der Waals surface area contributed by atoms with Crippen molar-refractivity contribution in [2.45, 2.75) is 13.8 Å². The molecule has 110 valence electrons. The Hall–Kier alpha value is -2.88. The lowest BCUT2D eigenvalue weighted by Gasteiger charge is -2.03. The largest absolute Gasteiger partial charge is 0.506 e. The lowest BCUT2D eigenvalue weighted by molar-refractivity contribution is 0.466. The third kappa shape index (κ3) is 2.51. The molecule has 2 aromatic carbocycles. The summed E-state index contributed by atoms with van der Waals surface area (Å²) in [5.41, 5.74) is 2.63. The van der Waals surface area contributed by atoms with Crippen molar-refractivity contribution < 1.29 is 9.52 Å². The lowest BCUT2D eigenvalue weighted by atomic mass is 10.1. The van der Waals surface area contributed by atoms with E-state index in [1.165, 1.54) is 6.21 Å². The molecule has 0 saturated heterocycles. The zero-order valence-corrected chi connectivity index (χ0v) is 12.3. The summed E-state index contributed by atoms with van der Waals surface area (Å²) in [5, 5.41) is 10.8. The summed E-state index contributed by atoms with van der Waals surface area (Å²) in [4.78, 5) is 16.3. The average Bonchev–Trinajstić information content (AvgIpc) is 2.50. The van der Waals surface area contributed by atoms with E-state index in [4.69, 9.17) is 4.42 Å². The van der Waals surface area contributed by atoms with Crippen molar-refractivity contribution in [2.75, 3.05) is 0 Å². The summed E-state index contributed by atoms with van der Waals surface area (Å²) in [7, 11) is 0. The van der Waals surface area contributed by atoms with Crippen LogP contribution in [0.4, 0.5) is 5.69 Å². The first kappa shape index (κ1) is 14.1. The molecular weight excluding hydrogens is 278 g/mol. The van der Waals surface area contributed by atoms with Crippen molar-refractivity contribution >= 4 is 22.9 Å². The Morgan fingerprint density at radius 1 is 1.14 bits per heavy atom. The van der Waals surface area contributed by atoms with Gasteiger partial charge in [0.05, 0.1) is 11.1 Å². The molecule has 4 heteroatoms. The second-order valence-electron chi connectivity index (χ2n) is 5.20. The summed E-state index contributed by atoms with van der Waals surface area (Å²) in [6.45, 7) is 3.91. The number of aliphatic imine (C=N–C) groups is 1. The van der Waals surface area contributed by atoms with E-state index in [1.807, 2.05) is 32.0 Å². The van der Waals surface area contributed by atoms with E-state index in [2.05, 4.69) is 4.99 Å². The lowest BCUT2D eigenvalue weighted by Crippen LogP contribution is -2.06. The fraction of sp³-hybridized carbons (Fsp3) is 0.111. The predicted octanol–water partition coefficient (Wildman–Crippen LogP) is 3.87. The van der Waals surface area contributed by atoms with Gasteiger partial charge in [0.25, 0.3) is 0 Å². The van der Waals surface area contributed by atoms with E-state index in [-0.39, 0.29) is 11.3 Å². The van der Waals surface area contributed by atoms with E-state index in [0.717, 1.165) is 16.8 Å². The Labute approximate surface area is 127 Å². The van der Waals surface area contributed by atoms with Gasteiger partial charge in [0.2, 0.25) is 0 Å². The van der Waals surface area contributed by atoms with E-state index < -0.39 is 5.63 Å². The quantitative estimate of drug-likeness (QED) is 0.576. The topological polar surface area (TPSA) is 62.8 Å². The number of para-hydroxylation sites is 1. The molecule has 0 spiro atoms. The molecular formula is C18H15NO3. The van der Waals surface area contributed by atoms with Gasteiger partial charge in [0.1, 0.15) is 16.9 Å². The maximum absolute atomic E-state index is 12.0. The first-order valence-electron chi connectivity index (χ1n) is 6.92. The molecule has 0 aliphatic carbocycles. The van der Waals surface area contributed by atoms with Crippen molar-refractivity contribution in [2.24, 2.45) is 4.99 Å². The minimum atomic E-state index is -0.606. The highest BCUT2D eigenvalue weighted by Gasteiger charge is 2.11. The van der Waals surface area contributed by atoms with Gasteiger partial charge in [-0.3, -0.25) is 4.99 Å². The molecule has 1 N–H and O–H groups in total. The third-order valence-corrected chi connectivity index (χ3v) is 3.52. The van der Waals surface area contributed by atoms with E-state index in [9.17, 15) is 9.90 Å². The molecule has 0 amide bonds. The number of hydrogen-bond acceptors (Lipinski definition) is 4. The molecule has 0 radical (unpaired) electrons. The van der Waals surface area contributed by atoms with E-state index in [0.29, 0.717) is 11.0 Å². The van der Waals surface area contributed by atoms with Gasteiger partial charge in [0, 0.05) is 6.21 Å². The van der Waals surface area contributed by atoms with Crippen molar-refractivity contribution in [1.29, 1.82) is 0 Å². The van der Waals surface area contributed by atoms with Crippen LogP contribution in [0.15, 0.2) is 56.7 Å². The maximum atomic E-state index is 12.0. The highest BCUT2D eigenvalue weighted by atomic mass is 16.4. The molecule has 1 heterocycles. The van der Waals surface area contributed by atoms with Crippen LogP contribution in [-0.4, -0.2) is 11.3 Å². The summed E-state index contributed by atoms with van der Waals surface area (Å²) in [5.74, 6) is -0.110. The Kier molecular flexibility index (Phi) is 3.51. The zero-order valence-electron chi connectivity index (χ0n) is 12.3. The number of hydrogen-bond donors (Lipinski definition) is 1. The van der Waals surface area contributed by atoms with Crippen molar-refractivity contribution in [3.05, 3.63) is 69.6 Å². The van der Waals surface area contributed by atoms with Crippen LogP contribution in [0.2, 0.25) is 0 Å². The number of fused-ring (bicyclic) bond motifs is 1. The van der Waals surface area contributed by atoms with Crippen molar-refractivity contribution in [3.8, 4) is 5.75 Å². The Morgan fingerprint density at radius 2 is 1.91 bits per heavy atom. The zero-order chi connectivity index (χ0) is 15.7. The third-order valence-electron chi connectivity index (χ3n) is 3.52. The normalized spacial score (nSPS) is 11.4. The van der Waals surface area contributed by atoms with Crippen LogP contribution < -0.4 is 5.63 Å². The Bertz CT molecular complexity index is 939. The fourth-order valence-electron chi connectivity index (χ4n) is 2.25.